The molecule has 0 bridgehead atoms. The maximum absolute atomic E-state index is 12.5. The van der Waals surface area contributed by atoms with Gasteiger partial charge in [-0.25, -0.2) is 4.79 Å². The van der Waals surface area contributed by atoms with Gasteiger partial charge >= 0.3 is 6.09 Å². The van der Waals surface area contributed by atoms with Crippen LogP contribution >= 0.6 is 0 Å². The fourth-order valence-electron chi connectivity index (χ4n) is 5.83. The van der Waals surface area contributed by atoms with Gasteiger partial charge in [0, 0.05) is 69.6 Å². The monoisotopic (exact) mass is 500 g/mol. The Balaban J connectivity index is 1.26. The lowest BCUT2D eigenvalue weighted by Crippen LogP contribution is -2.58. The van der Waals surface area contributed by atoms with Gasteiger partial charge in [-0.1, -0.05) is 30.3 Å². The lowest BCUT2D eigenvalue weighted by atomic mass is 9.85. The number of benzene rings is 1. The van der Waals surface area contributed by atoms with Crippen LogP contribution in [0.3, 0.4) is 0 Å². The van der Waals surface area contributed by atoms with Crippen molar-refractivity contribution in [2.24, 2.45) is 0 Å². The third kappa shape index (κ3) is 7.67. The fraction of sp³-hybridized carbons (Fsp3) is 0.759. The number of carbonyl (C=O) groups excluding carboxylic acids is 1. The number of nitrogens with zero attached hydrogens (tertiary/aromatic N) is 2. The molecule has 0 aromatic heterocycles. The van der Waals surface area contributed by atoms with Crippen LogP contribution in [0.2, 0.25) is 0 Å². The van der Waals surface area contributed by atoms with Crippen LogP contribution in [0.4, 0.5) is 4.79 Å². The Morgan fingerprint density at radius 1 is 1.03 bits per heavy atom. The van der Waals surface area contributed by atoms with Crippen molar-refractivity contribution >= 4 is 6.09 Å². The molecule has 4 rings (SSSR count). The van der Waals surface area contributed by atoms with Crippen molar-refractivity contribution in [3.63, 3.8) is 0 Å². The first-order valence-electron chi connectivity index (χ1n) is 14.1. The van der Waals surface area contributed by atoms with E-state index in [9.17, 15) is 4.79 Å². The maximum atomic E-state index is 12.5. The second-order valence-electron chi connectivity index (χ2n) is 12.2. The van der Waals surface area contributed by atoms with Gasteiger partial charge in [0.1, 0.15) is 5.60 Å². The van der Waals surface area contributed by atoms with Crippen molar-refractivity contribution < 1.29 is 14.3 Å². The van der Waals surface area contributed by atoms with E-state index in [4.69, 9.17) is 9.47 Å². The Morgan fingerprint density at radius 2 is 1.67 bits per heavy atom. The summed E-state index contributed by atoms with van der Waals surface area (Å²) in [7, 11) is 0. The van der Waals surface area contributed by atoms with Gasteiger partial charge in [-0.15, -0.1) is 0 Å². The Bertz CT molecular complexity index is 806. The van der Waals surface area contributed by atoms with Crippen LogP contribution < -0.4 is 10.6 Å². The highest BCUT2D eigenvalue weighted by Gasteiger charge is 2.39. The smallest absolute Gasteiger partial charge is 0.410 e. The summed E-state index contributed by atoms with van der Waals surface area (Å²) < 4.78 is 11.1. The third-order valence-corrected chi connectivity index (χ3v) is 8.22. The Hall–Kier alpha value is -1.67. The molecule has 1 aromatic rings. The maximum Gasteiger partial charge on any atom is 0.410 e. The number of nitrogens with one attached hydrogen (secondary N) is 2. The quantitative estimate of drug-likeness (QED) is 0.581. The minimum absolute atomic E-state index is 0.160. The Labute approximate surface area is 218 Å². The molecule has 3 aliphatic rings. The SMILES string of the molecule is CC(C)(C)OC(=O)N1CCC(C)(N2CCC(N[C@@H](CNC3CCOCC3)c3ccccc3)CC2)CC1. The van der Waals surface area contributed by atoms with Crippen LogP contribution in [-0.4, -0.2) is 85.1 Å². The molecule has 2 N–H and O–H groups in total. The van der Waals surface area contributed by atoms with E-state index >= 15 is 0 Å². The molecule has 0 saturated carbocycles. The van der Waals surface area contributed by atoms with Gasteiger partial charge in [-0.05, 0) is 71.8 Å². The van der Waals surface area contributed by atoms with E-state index < -0.39 is 5.60 Å². The standard InChI is InChI=1S/C29H48N4O3/c1-28(2,3)36-27(34)32-18-14-29(4,15-19-32)33-16-10-25(11-17-33)31-26(23-8-6-5-7-9-23)22-30-24-12-20-35-21-13-24/h5-9,24-26,30-31H,10-22H2,1-4H3/t26-/m0/s1. The first-order valence-corrected chi connectivity index (χ1v) is 14.1. The molecule has 1 amide bonds. The van der Waals surface area contributed by atoms with Crippen LogP contribution in [0.5, 0.6) is 0 Å². The zero-order valence-electron chi connectivity index (χ0n) is 22.9. The van der Waals surface area contributed by atoms with Gasteiger partial charge in [0.2, 0.25) is 0 Å². The van der Waals surface area contributed by atoms with Crippen LogP contribution in [0, 0.1) is 0 Å². The largest absolute Gasteiger partial charge is 0.444 e. The predicted molar refractivity (Wildman–Crippen MR) is 144 cm³/mol. The van der Waals surface area contributed by atoms with E-state index in [1.807, 2.05) is 25.7 Å². The molecule has 1 atom stereocenters. The van der Waals surface area contributed by atoms with Gasteiger partial charge in [-0.2, -0.15) is 0 Å². The summed E-state index contributed by atoms with van der Waals surface area (Å²) in [4.78, 5) is 17.1. The van der Waals surface area contributed by atoms with E-state index in [0.29, 0.717) is 18.1 Å². The second-order valence-corrected chi connectivity index (χ2v) is 12.2. The Kier molecular flexibility index (Phi) is 9.31. The molecule has 3 heterocycles. The highest BCUT2D eigenvalue weighted by molar-refractivity contribution is 5.68. The lowest BCUT2D eigenvalue weighted by molar-refractivity contribution is -0.00894. The molecule has 7 nitrogen and oxygen atoms in total. The van der Waals surface area contributed by atoms with E-state index in [-0.39, 0.29) is 11.6 Å². The average molecular weight is 501 g/mol. The summed E-state index contributed by atoms with van der Waals surface area (Å²) in [6.45, 7) is 14.6. The zero-order chi connectivity index (χ0) is 25.6. The summed E-state index contributed by atoms with van der Waals surface area (Å²) in [6.07, 6.45) is 6.36. The fourth-order valence-corrected chi connectivity index (χ4v) is 5.83. The molecular weight excluding hydrogens is 452 g/mol. The van der Waals surface area contributed by atoms with Crippen LogP contribution in [0.25, 0.3) is 0 Å². The Morgan fingerprint density at radius 3 is 2.28 bits per heavy atom. The van der Waals surface area contributed by atoms with Gasteiger partial charge in [-0.3, -0.25) is 4.90 Å². The minimum Gasteiger partial charge on any atom is -0.444 e. The number of carbonyl (C=O) groups is 1. The van der Waals surface area contributed by atoms with Crippen molar-refractivity contribution in [2.75, 3.05) is 45.9 Å². The molecule has 0 spiro atoms. The highest BCUT2D eigenvalue weighted by atomic mass is 16.6. The number of amides is 1. The molecule has 36 heavy (non-hydrogen) atoms. The first kappa shape index (κ1) is 27.4. The number of hydrogen-bond acceptors (Lipinski definition) is 6. The number of ether oxygens (including phenoxy) is 2. The van der Waals surface area contributed by atoms with Crippen molar-refractivity contribution in [1.82, 2.24) is 20.4 Å². The molecular formula is C29H48N4O3. The van der Waals surface area contributed by atoms with Crippen molar-refractivity contribution in [1.29, 1.82) is 0 Å². The minimum atomic E-state index is -0.440. The summed E-state index contributed by atoms with van der Waals surface area (Å²) in [6, 6.07) is 12.3. The van der Waals surface area contributed by atoms with E-state index in [2.05, 4.69) is 52.8 Å². The zero-order valence-corrected chi connectivity index (χ0v) is 22.9. The van der Waals surface area contributed by atoms with Crippen LogP contribution in [0.1, 0.15) is 77.8 Å². The summed E-state index contributed by atoms with van der Waals surface area (Å²) in [5.41, 5.74) is 1.08. The topological polar surface area (TPSA) is 66.1 Å². The van der Waals surface area contributed by atoms with Gasteiger partial charge in [0.15, 0.2) is 0 Å². The first-order chi connectivity index (χ1) is 17.2. The van der Waals surface area contributed by atoms with Crippen LogP contribution in [0.15, 0.2) is 30.3 Å². The molecule has 3 aliphatic heterocycles. The molecule has 0 aliphatic carbocycles. The predicted octanol–water partition coefficient (Wildman–Crippen LogP) is 4.34. The summed E-state index contributed by atoms with van der Waals surface area (Å²) >= 11 is 0. The summed E-state index contributed by atoms with van der Waals surface area (Å²) in [5.74, 6) is 0. The highest BCUT2D eigenvalue weighted by Crippen LogP contribution is 2.32. The van der Waals surface area contributed by atoms with E-state index in [1.165, 1.54) is 5.56 Å². The number of piperidine rings is 2. The molecule has 1 aromatic carbocycles. The average Bonchev–Trinajstić information content (AvgIpc) is 2.87. The summed E-state index contributed by atoms with van der Waals surface area (Å²) in [5, 5.41) is 7.81. The van der Waals surface area contributed by atoms with Gasteiger partial charge in [0.25, 0.3) is 0 Å². The molecule has 3 fully saturated rings. The van der Waals surface area contributed by atoms with E-state index in [1.54, 1.807) is 0 Å². The number of hydrogen-bond donors (Lipinski definition) is 2. The third-order valence-electron chi connectivity index (χ3n) is 8.22. The molecule has 0 radical (unpaired) electrons. The van der Waals surface area contributed by atoms with E-state index in [0.717, 1.165) is 84.5 Å². The van der Waals surface area contributed by atoms with Crippen molar-refractivity contribution in [2.45, 2.75) is 95.5 Å². The lowest BCUT2D eigenvalue weighted by Gasteiger charge is -2.49. The number of likely N-dealkylation sites (tertiary alicyclic amines) is 2. The van der Waals surface area contributed by atoms with Gasteiger partial charge in [0.05, 0.1) is 0 Å². The van der Waals surface area contributed by atoms with Gasteiger partial charge < -0.3 is 25.0 Å². The molecule has 3 saturated heterocycles. The molecule has 7 heteroatoms. The van der Waals surface area contributed by atoms with Crippen molar-refractivity contribution in [3.05, 3.63) is 35.9 Å². The van der Waals surface area contributed by atoms with Crippen molar-refractivity contribution in [3.8, 4) is 0 Å². The molecule has 0 unspecified atom stereocenters. The normalized spacial score (nSPS) is 23.4. The number of rotatable bonds is 7. The molecule has 202 valence electrons. The second kappa shape index (κ2) is 12.2. The van der Waals surface area contributed by atoms with Crippen LogP contribution in [-0.2, 0) is 9.47 Å².